The van der Waals surface area contributed by atoms with E-state index in [2.05, 4.69) is 10.3 Å². The van der Waals surface area contributed by atoms with Crippen LogP contribution in [0.5, 0.6) is 5.75 Å². The number of hydrogen-bond donors (Lipinski definition) is 1. The highest BCUT2D eigenvalue weighted by Gasteiger charge is 2.05. The molecule has 0 saturated carbocycles. The fourth-order valence-electron chi connectivity index (χ4n) is 1.67. The maximum absolute atomic E-state index is 6.18. The Morgan fingerprint density at radius 2 is 2.16 bits per heavy atom. The second kappa shape index (κ2) is 6.43. The summed E-state index contributed by atoms with van der Waals surface area (Å²) in [5.74, 6) is 0.712. The smallest absolute Gasteiger partial charge is 0.138 e. The average Bonchev–Trinajstić information content (AvgIpc) is 2.40. The summed E-state index contributed by atoms with van der Waals surface area (Å²) in [6, 6.07) is 9.66. The largest absolute Gasteiger partial charge is 0.489 e. The van der Waals surface area contributed by atoms with Crippen LogP contribution in [-0.2, 0) is 6.54 Å². The van der Waals surface area contributed by atoms with E-state index in [1.165, 1.54) is 0 Å². The van der Waals surface area contributed by atoms with Gasteiger partial charge in [-0.1, -0.05) is 17.7 Å². The first-order chi connectivity index (χ1) is 9.15. The van der Waals surface area contributed by atoms with E-state index in [9.17, 15) is 0 Å². The van der Waals surface area contributed by atoms with Gasteiger partial charge < -0.3 is 10.1 Å². The van der Waals surface area contributed by atoms with Crippen LogP contribution < -0.4 is 10.1 Å². The zero-order valence-electron chi connectivity index (χ0n) is 11.1. The summed E-state index contributed by atoms with van der Waals surface area (Å²) in [6.45, 7) is 4.67. The number of benzene rings is 1. The van der Waals surface area contributed by atoms with E-state index in [0.717, 1.165) is 11.3 Å². The van der Waals surface area contributed by atoms with Crippen molar-refractivity contribution in [2.45, 2.75) is 26.5 Å². The second-order valence-corrected chi connectivity index (χ2v) is 4.93. The molecular formula is C15H17ClN2O. The van der Waals surface area contributed by atoms with Crippen molar-refractivity contribution in [1.82, 2.24) is 4.98 Å². The van der Waals surface area contributed by atoms with Crippen LogP contribution in [0.2, 0.25) is 5.02 Å². The normalized spacial score (nSPS) is 10.5. The molecule has 0 fully saturated rings. The quantitative estimate of drug-likeness (QED) is 0.891. The lowest BCUT2D eigenvalue weighted by Gasteiger charge is -2.13. The van der Waals surface area contributed by atoms with Gasteiger partial charge in [0.05, 0.1) is 11.1 Å². The van der Waals surface area contributed by atoms with E-state index in [-0.39, 0.29) is 6.10 Å². The van der Waals surface area contributed by atoms with Crippen molar-refractivity contribution in [3.63, 3.8) is 0 Å². The first-order valence-electron chi connectivity index (χ1n) is 6.24. The van der Waals surface area contributed by atoms with Crippen LogP contribution in [0.3, 0.4) is 0 Å². The van der Waals surface area contributed by atoms with E-state index in [1.54, 1.807) is 6.20 Å². The molecule has 1 aromatic heterocycles. The van der Waals surface area contributed by atoms with Gasteiger partial charge in [0, 0.05) is 24.6 Å². The fraction of sp³-hybridized carbons (Fsp3) is 0.267. The monoisotopic (exact) mass is 276 g/mol. The molecule has 0 atom stereocenters. The van der Waals surface area contributed by atoms with Gasteiger partial charge in [0.25, 0.3) is 0 Å². The molecule has 0 spiro atoms. The third-order valence-electron chi connectivity index (χ3n) is 2.51. The molecule has 1 aromatic carbocycles. The Morgan fingerprint density at radius 1 is 1.32 bits per heavy atom. The Balaban J connectivity index is 2.00. The summed E-state index contributed by atoms with van der Waals surface area (Å²) in [6.07, 6.45) is 3.72. The lowest BCUT2D eigenvalue weighted by atomic mass is 10.2. The number of ether oxygens (including phenoxy) is 1. The van der Waals surface area contributed by atoms with Crippen molar-refractivity contribution in [3.05, 3.63) is 53.3 Å². The Kier molecular flexibility index (Phi) is 4.63. The molecular weight excluding hydrogens is 260 g/mol. The summed E-state index contributed by atoms with van der Waals surface area (Å²) < 4.78 is 5.59. The standard InChI is InChI=1S/C15H17ClN2O/c1-11(2)19-15-6-5-13(8-14(15)16)18-10-12-4-3-7-17-9-12/h3-9,11,18H,10H2,1-2H3. The Labute approximate surface area is 118 Å². The minimum atomic E-state index is 0.117. The van der Waals surface area contributed by atoms with Gasteiger partial charge in [-0.2, -0.15) is 0 Å². The average molecular weight is 277 g/mol. The van der Waals surface area contributed by atoms with Gasteiger partial charge in [-0.05, 0) is 43.7 Å². The molecule has 3 nitrogen and oxygen atoms in total. The van der Waals surface area contributed by atoms with Gasteiger partial charge in [0.15, 0.2) is 0 Å². The van der Waals surface area contributed by atoms with Gasteiger partial charge in [0.2, 0.25) is 0 Å². The Hall–Kier alpha value is -1.74. The van der Waals surface area contributed by atoms with Crippen LogP contribution in [0, 0.1) is 0 Å². The van der Waals surface area contributed by atoms with Crippen LogP contribution in [0.15, 0.2) is 42.7 Å². The van der Waals surface area contributed by atoms with Crippen LogP contribution in [0.1, 0.15) is 19.4 Å². The minimum Gasteiger partial charge on any atom is -0.489 e. The highest BCUT2D eigenvalue weighted by atomic mass is 35.5. The van der Waals surface area contributed by atoms with Crippen LogP contribution in [0.4, 0.5) is 5.69 Å². The molecule has 0 saturated heterocycles. The molecule has 0 aliphatic carbocycles. The lowest BCUT2D eigenvalue weighted by molar-refractivity contribution is 0.242. The molecule has 2 aromatic rings. The first kappa shape index (κ1) is 13.7. The molecule has 1 heterocycles. The maximum Gasteiger partial charge on any atom is 0.138 e. The zero-order valence-corrected chi connectivity index (χ0v) is 11.8. The van der Waals surface area contributed by atoms with Gasteiger partial charge >= 0.3 is 0 Å². The number of anilines is 1. The summed E-state index contributed by atoms with van der Waals surface area (Å²) in [5, 5.41) is 3.92. The highest BCUT2D eigenvalue weighted by Crippen LogP contribution is 2.28. The molecule has 0 aliphatic rings. The molecule has 0 unspecified atom stereocenters. The Bertz CT molecular complexity index is 529. The first-order valence-corrected chi connectivity index (χ1v) is 6.62. The van der Waals surface area contributed by atoms with Crippen LogP contribution in [-0.4, -0.2) is 11.1 Å². The third-order valence-corrected chi connectivity index (χ3v) is 2.81. The maximum atomic E-state index is 6.18. The summed E-state index contributed by atoms with van der Waals surface area (Å²) in [4.78, 5) is 4.08. The molecule has 0 bridgehead atoms. The van der Waals surface area contributed by atoms with Gasteiger partial charge in [0.1, 0.15) is 5.75 Å². The molecule has 2 rings (SSSR count). The number of nitrogens with zero attached hydrogens (tertiary/aromatic N) is 1. The van der Waals surface area contributed by atoms with E-state index < -0.39 is 0 Å². The predicted octanol–water partition coefficient (Wildman–Crippen LogP) is 4.13. The molecule has 0 amide bonds. The summed E-state index contributed by atoms with van der Waals surface area (Å²) >= 11 is 6.18. The molecule has 1 N–H and O–H groups in total. The van der Waals surface area contributed by atoms with E-state index in [4.69, 9.17) is 16.3 Å². The van der Waals surface area contributed by atoms with E-state index >= 15 is 0 Å². The number of aromatic nitrogens is 1. The van der Waals surface area contributed by atoms with Crippen molar-refractivity contribution in [2.75, 3.05) is 5.32 Å². The summed E-state index contributed by atoms with van der Waals surface area (Å²) in [7, 11) is 0. The van der Waals surface area contributed by atoms with Gasteiger partial charge in [-0.3, -0.25) is 4.98 Å². The lowest BCUT2D eigenvalue weighted by Crippen LogP contribution is -2.06. The highest BCUT2D eigenvalue weighted by molar-refractivity contribution is 6.32. The van der Waals surface area contributed by atoms with Crippen molar-refractivity contribution in [3.8, 4) is 5.75 Å². The predicted molar refractivity (Wildman–Crippen MR) is 78.8 cm³/mol. The number of pyridine rings is 1. The van der Waals surface area contributed by atoms with Crippen molar-refractivity contribution >= 4 is 17.3 Å². The molecule has 0 aliphatic heterocycles. The zero-order chi connectivity index (χ0) is 13.7. The summed E-state index contributed by atoms with van der Waals surface area (Å²) in [5.41, 5.74) is 2.09. The van der Waals surface area contributed by atoms with Crippen molar-refractivity contribution in [1.29, 1.82) is 0 Å². The van der Waals surface area contributed by atoms with Gasteiger partial charge in [-0.25, -0.2) is 0 Å². The number of nitrogens with one attached hydrogen (secondary N) is 1. The molecule has 100 valence electrons. The minimum absolute atomic E-state index is 0.117. The molecule has 19 heavy (non-hydrogen) atoms. The van der Waals surface area contributed by atoms with Crippen LogP contribution in [0.25, 0.3) is 0 Å². The van der Waals surface area contributed by atoms with Gasteiger partial charge in [-0.15, -0.1) is 0 Å². The van der Waals surface area contributed by atoms with E-state index in [0.29, 0.717) is 17.3 Å². The molecule has 4 heteroatoms. The topological polar surface area (TPSA) is 34.1 Å². The van der Waals surface area contributed by atoms with E-state index in [1.807, 2.05) is 50.4 Å². The number of hydrogen-bond acceptors (Lipinski definition) is 3. The fourth-order valence-corrected chi connectivity index (χ4v) is 1.89. The van der Waals surface area contributed by atoms with Crippen molar-refractivity contribution < 1.29 is 4.74 Å². The van der Waals surface area contributed by atoms with Crippen molar-refractivity contribution in [2.24, 2.45) is 0 Å². The Morgan fingerprint density at radius 3 is 2.79 bits per heavy atom. The molecule has 0 radical (unpaired) electrons. The number of halogens is 1. The van der Waals surface area contributed by atoms with Crippen LogP contribution >= 0.6 is 11.6 Å². The SMILES string of the molecule is CC(C)Oc1ccc(NCc2cccnc2)cc1Cl. The second-order valence-electron chi connectivity index (χ2n) is 4.53. The third kappa shape index (κ3) is 4.14. The number of rotatable bonds is 5.